The first kappa shape index (κ1) is 12.8. The highest BCUT2D eigenvalue weighted by atomic mass is 16.5. The van der Waals surface area contributed by atoms with E-state index in [0.717, 1.165) is 5.56 Å². The summed E-state index contributed by atoms with van der Waals surface area (Å²) in [7, 11) is 0. The smallest absolute Gasteiger partial charge is 0.241 e. The third-order valence-electron chi connectivity index (χ3n) is 5.02. The van der Waals surface area contributed by atoms with Gasteiger partial charge in [-0.2, -0.15) is 0 Å². The van der Waals surface area contributed by atoms with Crippen LogP contribution in [-0.2, 0) is 14.3 Å². The number of aryl methyl sites for hydroxylation is 1. The second kappa shape index (κ2) is 3.63. The number of anilines is 1. The predicted octanol–water partition coefficient (Wildman–Crippen LogP) is 2.22. The molecule has 4 atom stereocenters. The summed E-state index contributed by atoms with van der Waals surface area (Å²) >= 11 is 0. The zero-order chi connectivity index (χ0) is 15.0. The molecular weight excluding hydrogens is 266 g/mol. The van der Waals surface area contributed by atoms with E-state index in [9.17, 15) is 9.59 Å². The lowest BCUT2D eigenvalue weighted by atomic mass is 9.73. The highest BCUT2D eigenvalue weighted by Crippen LogP contribution is 2.57. The van der Waals surface area contributed by atoms with Crippen LogP contribution in [0.1, 0.15) is 19.4 Å². The molecule has 0 radical (unpaired) electrons. The van der Waals surface area contributed by atoms with E-state index in [2.05, 4.69) is 0 Å². The van der Waals surface area contributed by atoms with Crippen LogP contribution < -0.4 is 4.90 Å². The van der Waals surface area contributed by atoms with Crippen LogP contribution in [0.15, 0.2) is 36.4 Å². The second-order valence-electron chi connectivity index (χ2n) is 6.61. The van der Waals surface area contributed by atoms with Crippen molar-refractivity contribution in [2.75, 3.05) is 4.90 Å². The standard InChI is InChI=1S/C17H17NO3/c1-10-4-6-11(7-5-10)18-14(19)12-13(15(18)20)17(3)9-8-16(12,2)21-17/h4-9,12-13H,1-3H3/t12-,13+,16-,17-/m1/s1. The average molecular weight is 283 g/mol. The molecule has 4 rings (SSSR count). The molecule has 0 N–H and O–H groups in total. The van der Waals surface area contributed by atoms with Gasteiger partial charge in [0.2, 0.25) is 11.8 Å². The zero-order valence-corrected chi connectivity index (χ0v) is 12.3. The van der Waals surface area contributed by atoms with E-state index in [1.54, 1.807) is 0 Å². The lowest BCUT2D eigenvalue weighted by molar-refractivity contribution is -0.128. The molecule has 0 saturated carbocycles. The summed E-state index contributed by atoms with van der Waals surface area (Å²) in [5.41, 5.74) is 0.427. The Labute approximate surface area is 123 Å². The Morgan fingerprint density at radius 2 is 1.43 bits per heavy atom. The highest BCUT2D eigenvalue weighted by Gasteiger charge is 2.70. The van der Waals surface area contributed by atoms with Gasteiger partial charge in [-0.15, -0.1) is 0 Å². The third kappa shape index (κ3) is 1.43. The van der Waals surface area contributed by atoms with Gasteiger partial charge in [-0.25, -0.2) is 4.90 Å². The van der Waals surface area contributed by atoms with Crippen molar-refractivity contribution in [3.8, 4) is 0 Å². The van der Waals surface area contributed by atoms with Gasteiger partial charge in [-0.05, 0) is 32.9 Å². The SMILES string of the molecule is Cc1ccc(N2C(=O)[C@@H]3[C@H](C2=O)[C@@]2(C)C=C[C@@]3(C)O2)cc1. The molecule has 1 aromatic rings. The molecule has 108 valence electrons. The molecule has 0 spiro atoms. The van der Waals surface area contributed by atoms with Crippen LogP contribution in [0.5, 0.6) is 0 Å². The van der Waals surface area contributed by atoms with Crippen LogP contribution in [0.4, 0.5) is 5.69 Å². The van der Waals surface area contributed by atoms with E-state index in [4.69, 9.17) is 4.74 Å². The van der Waals surface area contributed by atoms with E-state index >= 15 is 0 Å². The Balaban J connectivity index is 1.80. The average Bonchev–Trinajstić information content (AvgIpc) is 2.97. The van der Waals surface area contributed by atoms with Crippen LogP contribution >= 0.6 is 0 Å². The molecule has 3 heterocycles. The summed E-state index contributed by atoms with van der Waals surface area (Å²) in [5, 5.41) is 0. The van der Waals surface area contributed by atoms with Crippen molar-refractivity contribution in [3.63, 3.8) is 0 Å². The van der Waals surface area contributed by atoms with Gasteiger partial charge < -0.3 is 4.74 Å². The lowest BCUT2D eigenvalue weighted by Gasteiger charge is -2.25. The fourth-order valence-electron chi connectivity index (χ4n) is 3.98. The minimum Gasteiger partial charge on any atom is -0.359 e. The molecule has 0 unspecified atom stereocenters. The third-order valence-corrected chi connectivity index (χ3v) is 5.02. The first-order valence-corrected chi connectivity index (χ1v) is 7.21. The molecule has 1 aromatic carbocycles. The summed E-state index contributed by atoms with van der Waals surface area (Å²) in [6, 6.07) is 7.48. The van der Waals surface area contributed by atoms with Gasteiger partial charge in [0.25, 0.3) is 0 Å². The van der Waals surface area contributed by atoms with Crippen LogP contribution in [-0.4, -0.2) is 23.0 Å². The van der Waals surface area contributed by atoms with Crippen LogP contribution in [0.2, 0.25) is 0 Å². The number of rotatable bonds is 1. The van der Waals surface area contributed by atoms with Crippen molar-refractivity contribution in [1.82, 2.24) is 0 Å². The molecule has 4 nitrogen and oxygen atoms in total. The topological polar surface area (TPSA) is 46.6 Å². The summed E-state index contributed by atoms with van der Waals surface area (Å²) in [6.45, 7) is 5.76. The Morgan fingerprint density at radius 1 is 0.952 bits per heavy atom. The van der Waals surface area contributed by atoms with Crippen molar-refractivity contribution < 1.29 is 14.3 Å². The molecule has 2 fully saturated rings. The molecule has 21 heavy (non-hydrogen) atoms. The number of imide groups is 1. The first-order valence-electron chi connectivity index (χ1n) is 7.21. The van der Waals surface area contributed by atoms with E-state index in [1.807, 2.05) is 57.2 Å². The Hall–Kier alpha value is -1.94. The van der Waals surface area contributed by atoms with Crippen LogP contribution in [0, 0.1) is 18.8 Å². The summed E-state index contributed by atoms with van der Waals surface area (Å²) in [4.78, 5) is 27.0. The van der Waals surface area contributed by atoms with Gasteiger partial charge in [0, 0.05) is 0 Å². The fourth-order valence-corrected chi connectivity index (χ4v) is 3.98. The van der Waals surface area contributed by atoms with Crippen molar-refractivity contribution in [2.45, 2.75) is 32.0 Å². The number of hydrogen-bond acceptors (Lipinski definition) is 3. The molecule has 2 amide bonds. The molecule has 3 aliphatic rings. The monoisotopic (exact) mass is 283 g/mol. The number of carbonyl (C=O) groups excluding carboxylic acids is 2. The maximum absolute atomic E-state index is 12.8. The van der Waals surface area contributed by atoms with Crippen molar-refractivity contribution in [3.05, 3.63) is 42.0 Å². The number of ether oxygens (including phenoxy) is 1. The molecule has 0 aromatic heterocycles. The number of nitrogens with zero attached hydrogens (tertiary/aromatic N) is 1. The van der Waals surface area contributed by atoms with Crippen molar-refractivity contribution >= 4 is 17.5 Å². The van der Waals surface area contributed by atoms with Gasteiger partial charge in [0.05, 0.1) is 28.7 Å². The summed E-state index contributed by atoms with van der Waals surface area (Å²) in [6.07, 6.45) is 3.86. The summed E-state index contributed by atoms with van der Waals surface area (Å²) in [5.74, 6) is -1.13. The molecule has 2 saturated heterocycles. The maximum atomic E-state index is 12.8. The van der Waals surface area contributed by atoms with Crippen LogP contribution in [0.25, 0.3) is 0 Å². The molecule has 4 heteroatoms. The maximum Gasteiger partial charge on any atom is 0.241 e. The van der Waals surface area contributed by atoms with E-state index in [1.165, 1.54) is 4.90 Å². The summed E-state index contributed by atoms with van der Waals surface area (Å²) < 4.78 is 5.98. The fraction of sp³-hybridized carbons (Fsp3) is 0.412. The second-order valence-corrected chi connectivity index (χ2v) is 6.61. The Bertz CT molecular complexity index is 656. The molecule has 2 bridgehead atoms. The number of hydrogen-bond donors (Lipinski definition) is 0. The van der Waals surface area contributed by atoms with Gasteiger partial charge >= 0.3 is 0 Å². The lowest BCUT2D eigenvalue weighted by Crippen LogP contribution is -2.39. The molecule has 3 aliphatic heterocycles. The van der Waals surface area contributed by atoms with Crippen molar-refractivity contribution in [1.29, 1.82) is 0 Å². The minimum atomic E-state index is -0.661. The number of benzene rings is 1. The van der Waals surface area contributed by atoms with E-state index in [-0.39, 0.29) is 11.8 Å². The van der Waals surface area contributed by atoms with E-state index < -0.39 is 23.0 Å². The normalized spacial score (nSPS) is 40.2. The number of fused-ring (bicyclic) bond motifs is 5. The van der Waals surface area contributed by atoms with Gasteiger partial charge in [-0.3, -0.25) is 9.59 Å². The van der Waals surface area contributed by atoms with E-state index in [0.29, 0.717) is 5.69 Å². The van der Waals surface area contributed by atoms with Gasteiger partial charge in [0.15, 0.2) is 0 Å². The number of amides is 2. The van der Waals surface area contributed by atoms with Gasteiger partial charge in [0.1, 0.15) is 0 Å². The molecule has 0 aliphatic carbocycles. The molecular formula is C17H17NO3. The Morgan fingerprint density at radius 3 is 1.90 bits per heavy atom. The van der Waals surface area contributed by atoms with Gasteiger partial charge in [-0.1, -0.05) is 29.8 Å². The van der Waals surface area contributed by atoms with Crippen LogP contribution in [0.3, 0.4) is 0 Å². The first-order chi connectivity index (χ1) is 9.86. The highest BCUT2D eigenvalue weighted by molar-refractivity contribution is 6.23. The van der Waals surface area contributed by atoms with Crippen molar-refractivity contribution in [2.24, 2.45) is 11.8 Å². The Kier molecular flexibility index (Phi) is 2.21. The zero-order valence-electron chi connectivity index (χ0n) is 12.3. The largest absolute Gasteiger partial charge is 0.359 e. The predicted molar refractivity (Wildman–Crippen MR) is 77.7 cm³/mol. The number of carbonyl (C=O) groups is 2. The minimum absolute atomic E-state index is 0.149. The quantitative estimate of drug-likeness (QED) is 0.586.